The second kappa shape index (κ2) is 7.38. The number of hydrogen-bond donors (Lipinski definition) is 1. The molecule has 1 rings (SSSR count). The van der Waals surface area contributed by atoms with Gasteiger partial charge in [-0.3, -0.25) is 4.79 Å². The first kappa shape index (κ1) is 13.2. The molecule has 1 atom stereocenters. The topological polar surface area (TPSA) is 64.8 Å². The first-order chi connectivity index (χ1) is 7.75. The van der Waals surface area contributed by atoms with Crippen LogP contribution in [0, 0.1) is 0 Å². The number of amides is 1. The van der Waals surface area contributed by atoms with Crippen molar-refractivity contribution >= 4 is 5.91 Å². The molecule has 2 N–H and O–H groups in total. The van der Waals surface area contributed by atoms with E-state index in [1.165, 1.54) is 0 Å². The van der Waals surface area contributed by atoms with Gasteiger partial charge in [0.2, 0.25) is 5.91 Å². The maximum Gasteiger partial charge on any atom is 0.246 e. The summed E-state index contributed by atoms with van der Waals surface area (Å²) in [5, 5.41) is 0. The van der Waals surface area contributed by atoms with Gasteiger partial charge in [0.05, 0.1) is 26.4 Å². The van der Waals surface area contributed by atoms with E-state index in [1.54, 1.807) is 11.0 Å². The second-order valence-corrected chi connectivity index (χ2v) is 3.64. The summed E-state index contributed by atoms with van der Waals surface area (Å²) in [6.07, 6.45) is 3.50. The number of nitrogens with zero attached hydrogens (tertiary/aromatic N) is 1. The van der Waals surface area contributed by atoms with Crippen molar-refractivity contribution in [3.05, 3.63) is 12.2 Å². The fraction of sp³-hybridized carbons (Fsp3) is 0.727. The van der Waals surface area contributed by atoms with Crippen LogP contribution in [0.4, 0.5) is 0 Å². The Labute approximate surface area is 96.2 Å². The van der Waals surface area contributed by atoms with Gasteiger partial charge in [0.1, 0.15) is 0 Å². The van der Waals surface area contributed by atoms with Crippen LogP contribution < -0.4 is 5.73 Å². The maximum absolute atomic E-state index is 11.3. The Hall–Kier alpha value is -0.910. The van der Waals surface area contributed by atoms with Crippen molar-refractivity contribution in [1.82, 2.24) is 4.90 Å². The quantitative estimate of drug-likeness (QED) is 0.583. The molecule has 5 heteroatoms. The van der Waals surface area contributed by atoms with Gasteiger partial charge in [-0.1, -0.05) is 6.08 Å². The van der Waals surface area contributed by atoms with E-state index < -0.39 is 0 Å². The molecule has 0 radical (unpaired) electrons. The monoisotopic (exact) mass is 228 g/mol. The van der Waals surface area contributed by atoms with E-state index in [2.05, 4.69) is 0 Å². The Morgan fingerprint density at radius 2 is 2.00 bits per heavy atom. The lowest BCUT2D eigenvalue weighted by Crippen LogP contribution is -2.35. The third kappa shape index (κ3) is 4.30. The molecule has 0 aliphatic carbocycles. The fourth-order valence-electron chi connectivity index (χ4n) is 1.50. The zero-order valence-electron chi connectivity index (χ0n) is 9.72. The van der Waals surface area contributed by atoms with Crippen LogP contribution in [-0.4, -0.2) is 56.4 Å². The number of ether oxygens (including phenoxy) is 2. The summed E-state index contributed by atoms with van der Waals surface area (Å²) in [6.45, 7) is 5.36. The third-order valence-corrected chi connectivity index (χ3v) is 2.40. The van der Waals surface area contributed by atoms with Crippen molar-refractivity contribution < 1.29 is 14.3 Å². The van der Waals surface area contributed by atoms with Crippen molar-refractivity contribution in [1.29, 1.82) is 0 Å². The van der Waals surface area contributed by atoms with Crippen molar-refractivity contribution in [3.8, 4) is 0 Å². The predicted octanol–water partition coefficient (Wildman–Crippen LogP) is -0.235. The lowest BCUT2D eigenvalue weighted by molar-refractivity contribution is -0.126. The minimum Gasteiger partial charge on any atom is -0.378 e. The molecule has 0 aromatic heterocycles. The maximum atomic E-state index is 11.3. The zero-order chi connectivity index (χ0) is 11.8. The van der Waals surface area contributed by atoms with Crippen molar-refractivity contribution in [3.63, 3.8) is 0 Å². The average Bonchev–Trinajstić information content (AvgIpc) is 2.59. The fourth-order valence-corrected chi connectivity index (χ4v) is 1.50. The van der Waals surface area contributed by atoms with Gasteiger partial charge in [0.15, 0.2) is 0 Å². The van der Waals surface area contributed by atoms with Gasteiger partial charge in [0, 0.05) is 25.2 Å². The normalized spacial score (nSPS) is 19.8. The van der Waals surface area contributed by atoms with E-state index in [4.69, 9.17) is 15.2 Å². The molecule has 0 saturated carbocycles. The van der Waals surface area contributed by atoms with Gasteiger partial charge in [-0.2, -0.15) is 0 Å². The highest BCUT2D eigenvalue weighted by Crippen LogP contribution is 2.09. The Morgan fingerprint density at radius 3 is 2.56 bits per heavy atom. The minimum absolute atomic E-state index is 0.0653. The van der Waals surface area contributed by atoms with Crippen LogP contribution in [0.15, 0.2) is 12.2 Å². The first-order valence-corrected chi connectivity index (χ1v) is 5.60. The van der Waals surface area contributed by atoms with Crippen LogP contribution in [-0.2, 0) is 14.3 Å². The predicted molar refractivity (Wildman–Crippen MR) is 61.0 cm³/mol. The molecule has 1 amide bonds. The first-order valence-electron chi connectivity index (χ1n) is 5.60. The molecular formula is C11H20N2O3. The molecule has 5 nitrogen and oxygen atoms in total. The summed E-state index contributed by atoms with van der Waals surface area (Å²) >= 11 is 0. The molecule has 0 aromatic carbocycles. The Kier molecular flexibility index (Phi) is 6.07. The number of carbonyl (C=O) groups excluding carboxylic acids is 1. The SMILES string of the molecule is CC1C=CC(=O)N1CCOCCOCCN. The van der Waals surface area contributed by atoms with E-state index in [-0.39, 0.29) is 11.9 Å². The van der Waals surface area contributed by atoms with Gasteiger partial charge in [-0.15, -0.1) is 0 Å². The molecule has 0 saturated heterocycles. The summed E-state index contributed by atoms with van der Waals surface area (Å²) in [7, 11) is 0. The Bertz CT molecular complexity index is 243. The molecule has 16 heavy (non-hydrogen) atoms. The van der Waals surface area contributed by atoms with Crippen LogP contribution in [0.2, 0.25) is 0 Å². The van der Waals surface area contributed by atoms with Gasteiger partial charge in [-0.25, -0.2) is 0 Å². The second-order valence-electron chi connectivity index (χ2n) is 3.64. The number of carbonyl (C=O) groups is 1. The highest BCUT2D eigenvalue weighted by atomic mass is 16.5. The molecule has 0 fully saturated rings. The highest BCUT2D eigenvalue weighted by molar-refractivity contribution is 5.90. The van der Waals surface area contributed by atoms with E-state index >= 15 is 0 Å². The minimum atomic E-state index is 0.0653. The standard InChI is InChI=1S/C11H20N2O3/c1-10-2-3-11(14)13(10)5-7-16-9-8-15-6-4-12/h2-3,10H,4-9,12H2,1H3. The zero-order valence-corrected chi connectivity index (χ0v) is 9.72. The van der Waals surface area contributed by atoms with Gasteiger partial charge in [0.25, 0.3) is 0 Å². The van der Waals surface area contributed by atoms with Crippen LogP contribution in [0.25, 0.3) is 0 Å². The van der Waals surface area contributed by atoms with E-state index in [0.717, 1.165) is 0 Å². The lowest BCUT2D eigenvalue weighted by Gasteiger charge is -2.21. The largest absolute Gasteiger partial charge is 0.378 e. The summed E-state index contributed by atoms with van der Waals surface area (Å²) in [4.78, 5) is 13.1. The molecule has 1 aliphatic heterocycles. The third-order valence-electron chi connectivity index (χ3n) is 2.40. The van der Waals surface area contributed by atoms with E-state index in [9.17, 15) is 4.79 Å². The smallest absolute Gasteiger partial charge is 0.246 e. The Morgan fingerprint density at radius 1 is 1.31 bits per heavy atom. The van der Waals surface area contributed by atoms with Crippen LogP contribution >= 0.6 is 0 Å². The summed E-state index contributed by atoms with van der Waals surface area (Å²) in [5.41, 5.74) is 5.27. The highest BCUT2D eigenvalue weighted by Gasteiger charge is 2.20. The number of hydrogen-bond acceptors (Lipinski definition) is 4. The van der Waals surface area contributed by atoms with Crippen molar-refractivity contribution in [2.75, 3.05) is 39.5 Å². The van der Waals surface area contributed by atoms with Crippen molar-refractivity contribution in [2.24, 2.45) is 5.73 Å². The average molecular weight is 228 g/mol. The molecule has 1 unspecified atom stereocenters. The summed E-state index contributed by atoms with van der Waals surface area (Å²) in [6, 6.07) is 0.185. The molecular weight excluding hydrogens is 208 g/mol. The number of nitrogens with two attached hydrogens (primary N) is 1. The van der Waals surface area contributed by atoms with Crippen LogP contribution in [0.3, 0.4) is 0 Å². The van der Waals surface area contributed by atoms with Crippen molar-refractivity contribution in [2.45, 2.75) is 13.0 Å². The molecule has 1 aliphatic rings. The molecule has 0 aromatic rings. The molecule has 0 bridgehead atoms. The number of rotatable bonds is 8. The van der Waals surface area contributed by atoms with Gasteiger partial charge < -0.3 is 20.1 Å². The summed E-state index contributed by atoms with van der Waals surface area (Å²) < 4.78 is 10.5. The van der Waals surface area contributed by atoms with Gasteiger partial charge in [-0.05, 0) is 6.92 Å². The van der Waals surface area contributed by atoms with E-state index in [0.29, 0.717) is 39.5 Å². The van der Waals surface area contributed by atoms with Crippen LogP contribution in [0.1, 0.15) is 6.92 Å². The molecule has 0 spiro atoms. The lowest BCUT2D eigenvalue weighted by atomic mass is 10.3. The summed E-state index contributed by atoms with van der Waals surface area (Å²) in [5.74, 6) is 0.0653. The Balaban J connectivity index is 1.97. The van der Waals surface area contributed by atoms with Crippen LogP contribution in [0.5, 0.6) is 0 Å². The van der Waals surface area contributed by atoms with E-state index in [1.807, 2.05) is 13.0 Å². The van der Waals surface area contributed by atoms with Gasteiger partial charge >= 0.3 is 0 Å². The molecule has 1 heterocycles. The molecule has 92 valence electrons.